The number of nitrogens with zero attached hydrogens (tertiary/aromatic N) is 2. The second-order valence-electron chi connectivity index (χ2n) is 7.07. The van der Waals surface area contributed by atoms with E-state index < -0.39 is 10.0 Å². The summed E-state index contributed by atoms with van der Waals surface area (Å²) in [6.45, 7) is 2.56. The van der Waals surface area contributed by atoms with E-state index in [1.807, 2.05) is 12.1 Å². The van der Waals surface area contributed by atoms with Gasteiger partial charge < -0.3 is 9.64 Å². The van der Waals surface area contributed by atoms with Crippen LogP contribution in [-0.2, 0) is 24.3 Å². The summed E-state index contributed by atoms with van der Waals surface area (Å²) in [5.41, 5.74) is 0.528. The van der Waals surface area contributed by atoms with Gasteiger partial charge in [-0.25, -0.2) is 8.42 Å². The number of rotatable bonds is 4. The molecule has 7 nitrogen and oxygen atoms in total. The Morgan fingerprint density at radius 3 is 2.68 bits per heavy atom. The molecule has 2 aromatic carbocycles. The highest BCUT2D eigenvalue weighted by atomic mass is 32.2. The Hall–Kier alpha value is -2.61. The van der Waals surface area contributed by atoms with Crippen LogP contribution in [-0.4, -0.2) is 51.4 Å². The van der Waals surface area contributed by atoms with Crippen LogP contribution in [0, 0.1) is 5.92 Å². The number of piperidine rings is 1. The minimum absolute atomic E-state index is 0.233. The number of hydrogen-bond acceptors (Lipinski definition) is 5. The van der Waals surface area contributed by atoms with Crippen molar-refractivity contribution in [2.24, 2.45) is 5.92 Å². The van der Waals surface area contributed by atoms with Crippen LogP contribution in [0.4, 0.5) is 5.69 Å². The van der Waals surface area contributed by atoms with Gasteiger partial charge in [0.2, 0.25) is 5.91 Å². The maximum absolute atomic E-state index is 13.0. The van der Waals surface area contributed by atoms with E-state index in [0.717, 1.165) is 5.39 Å². The molecule has 1 fully saturated rings. The maximum atomic E-state index is 13.0. The van der Waals surface area contributed by atoms with Gasteiger partial charge in [0.1, 0.15) is 6.54 Å². The van der Waals surface area contributed by atoms with Crippen molar-refractivity contribution in [1.82, 2.24) is 4.90 Å². The fraction of sp³-hybridized carbons (Fsp3) is 0.400. The minimum Gasteiger partial charge on any atom is -0.466 e. The third kappa shape index (κ3) is 3.01. The smallest absolute Gasteiger partial charge is 0.310 e. The minimum atomic E-state index is -3.78. The number of likely N-dealkylation sites (tertiary alicyclic amines) is 1. The Morgan fingerprint density at radius 2 is 1.93 bits per heavy atom. The molecule has 0 N–H and O–H groups in total. The molecule has 0 bridgehead atoms. The largest absolute Gasteiger partial charge is 0.466 e. The summed E-state index contributed by atoms with van der Waals surface area (Å²) in [6, 6.07) is 10.5. The van der Waals surface area contributed by atoms with E-state index in [1.54, 1.807) is 36.1 Å². The first-order chi connectivity index (χ1) is 13.4. The average Bonchev–Trinajstić information content (AvgIpc) is 2.91. The van der Waals surface area contributed by atoms with Crippen LogP contribution in [0.5, 0.6) is 0 Å². The van der Waals surface area contributed by atoms with E-state index in [1.165, 1.54) is 4.31 Å². The lowest BCUT2D eigenvalue weighted by atomic mass is 9.98. The molecule has 0 aromatic heterocycles. The summed E-state index contributed by atoms with van der Waals surface area (Å²) in [4.78, 5) is 26.7. The molecule has 2 aliphatic rings. The highest BCUT2D eigenvalue weighted by Gasteiger charge is 2.38. The summed E-state index contributed by atoms with van der Waals surface area (Å²) >= 11 is 0. The fourth-order valence-corrected chi connectivity index (χ4v) is 5.67. The number of carbonyl (C=O) groups excluding carboxylic acids is 2. The summed E-state index contributed by atoms with van der Waals surface area (Å²) < 4.78 is 32.3. The second kappa shape index (κ2) is 7.09. The maximum Gasteiger partial charge on any atom is 0.310 e. The highest BCUT2D eigenvalue weighted by molar-refractivity contribution is 7.93. The second-order valence-corrected chi connectivity index (χ2v) is 8.90. The molecular formula is C20H22N2O5S. The molecule has 0 radical (unpaired) electrons. The van der Waals surface area contributed by atoms with Gasteiger partial charge in [-0.3, -0.25) is 13.9 Å². The summed E-state index contributed by atoms with van der Waals surface area (Å²) in [5.74, 6) is -0.957. The Balaban J connectivity index is 1.57. The Labute approximate surface area is 163 Å². The molecule has 148 valence electrons. The summed E-state index contributed by atoms with van der Waals surface area (Å²) in [6.07, 6.45) is 1.37. The van der Waals surface area contributed by atoms with Crippen molar-refractivity contribution >= 4 is 38.4 Å². The molecule has 1 atom stereocenters. The SMILES string of the molecule is CCOC(=O)C1CCCN(C(=O)CN2c3cccc4cccc(c34)S2(=O)=O)C1. The van der Waals surface area contributed by atoms with Crippen molar-refractivity contribution in [3.8, 4) is 0 Å². The van der Waals surface area contributed by atoms with E-state index >= 15 is 0 Å². The fourth-order valence-electron chi connectivity index (χ4n) is 4.01. The molecule has 0 saturated carbocycles. The lowest BCUT2D eigenvalue weighted by Crippen LogP contribution is -2.47. The zero-order valence-electron chi connectivity index (χ0n) is 15.6. The van der Waals surface area contributed by atoms with Crippen molar-refractivity contribution in [3.63, 3.8) is 0 Å². The number of carbonyl (C=O) groups is 2. The van der Waals surface area contributed by atoms with Crippen LogP contribution in [0.25, 0.3) is 10.8 Å². The molecule has 4 rings (SSSR count). The van der Waals surface area contributed by atoms with Gasteiger partial charge in [0, 0.05) is 18.5 Å². The first-order valence-corrected chi connectivity index (χ1v) is 10.9. The van der Waals surface area contributed by atoms with Crippen molar-refractivity contribution in [2.45, 2.75) is 24.7 Å². The van der Waals surface area contributed by atoms with Crippen LogP contribution in [0.1, 0.15) is 19.8 Å². The van der Waals surface area contributed by atoms with Gasteiger partial charge in [0.15, 0.2) is 0 Å². The van der Waals surface area contributed by atoms with Crippen molar-refractivity contribution in [2.75, 3.05) is 30.5 Å². The normalized spacial score (nSPS) is 20.4. The third-order valence-electron chi connectivity index (χ3n) is 5.35. The Bertz CT molecular complexity index is 1040. The topological polar surface area (TPSA) is 84.0 Å². The molecular weight excluding hydrogens is 380 g/mol. The standard InChI is InChI=1S/C20H22N2O5S/c1-2-27-20(24)15-8-5-11-21(12-15)18(23)13-22-16-9-3-6-14-7-4-10-17(19(14)16)28(22,25)26/h3-4,6-7,9-10,15H,2,5,8,11-13H2,1H3. The predicted molar refractivity (Wildman–Crippen MR) is 104 cm³/mol. The van der Waals surface area contributed by atoms with E-state index in [9.17, 15) is 18.0 Å². The molecule has 1 amide bonds. The lowest BCUT2D eigenvalue weighted by molar-refractivity contribution is -0.151. The Kier molecular flexibility index (Phi) is 4.74. The first kappa shape index (κ1) is 18.7. The number of benzene rings is 2. The highest BCUT2D eigenvalue weighted by Crippen LogP contribution is 2.41. The number of sulfonamides is 1. The number of anilines is 1. The van der Waals surface area contributed by atoms with Gasteiger partial charge >= 0.3 is 5.97 Å². The molecule has 2 aliphatic heterocycles. The van der Waals surface area contributed by atoms with Crippen LogP contribution in [0.2, 0.25) is 0 Å². The number of ether oxygens (including phenoxy) is 1. The first-order valence-electron chi connectivity index (χ1n) is 9.42. The van der Waals surface area contributed by atoms with Crippen molar-refractivity contribution in [3.05, 3.63) is 36.4 Å². The number of esters is 1. The van der Waals surface area contributed by atoms with Gasteiger partial charge in [0.05, 0.1) is 23.1 Å². The quantitative estimate of drug-likeness (QED) is 0.732. The van der Waals surface area contributed by atoms with Gasteiger partial charge in [-0.2, -0.15) is 0 Å². The zero-order valence-corrected chi connectivity index (χ0v) is 16.4. The molecule has 2 heterocycles. The molecule has 0 spiro atoms. The van der Waals surface area contributed by atoms with E-state index in [-0.39, 0.29) is 35.8 Å². The number of amides is 1. The van der Waals surface area contributed by atoms with Gasteiger partial charge in [-0.15, -0.1) is 0 Å². The molecule has 28 heavy (non-hydrogen) atoms. The van der Waals surface area contributed by atoms with Crippen molar-refractivity contribution in [1.29, 1.82) is 0 Å². The van der Waals surface area contributed by atoms with Crippen molar-refractivity contribution < 1.29 is 22.7 Å². The van der Waals surface area contributed by atoms with E-state index in [0.29, 0.717) is 37.1 Å². The zero-order chi connectivity index (χ0) is 19.9. The summed E-state index contributed by atoms with van der Waals surface area (Å²) in [5, 5.41) is 1.48. The molecule has 8 heteroatoms. The predicted octanol–water partition coefficient (Wildman–Crippen LogP) is 2.15. The van der Waals surface area contributed by atoms with Gasteiger partial charge in [0.25, 0.3) is 10.0 Å². The number of hydrogen-bond donors (Lipinski definition) is 0. The molecule has 1 saturated heterocycles. The third-order valence-corrected chi connectivity index (χ3v) is 7.16. The van der Waals surface area contributed by atoms with Crippen LogP contribution in [0.15, 0.2) is 41.3 Å². The average molecular weight is 402 g/mol. The summed E-state index contributed by atoms with van der Waals surface area (Å²) in [7, 11) is -3.78. The van der Waals surface area contributed by atoms with Crippen LogP contribution in [0.3, 0.4) is 0 Å². The van der Waals surface area contributed by atoms with Crippen LogP contribution >= 0.6 is 0 Å². The monoisotopic (exact) mass is 402 g/mol. The molecule has 2 aromatic rings. The van der Waals surface area contributed by atoms with E-state index in [4.69, 9.17) is 4.74 Å². The molecule has 1 unspecified atom stereocenters. The van der Waals surface area contributed by atoms with Gasteiger partial charge in [-0.05, 0) is 37.3 Å². The van der Waals surface area contributed by atoms with Crippen LogP contribution < -0.4 is 4.31 Å². The lowest BCUT2D eigenvalue weighted by Gasteiger charge is -2.32. The van der Waals surface area contributed by atoms with Gasteiger partial charge in [-0.1, -0.05) is 24.3 Å². The Morgan fingerprint density at radius 1 is 1.18 bits per heavy atom. The van der Waals surface area contributed by atoms with E-state index in [2.05, 4.69) is 0 Å². The molecule has 0 aliphatic carbocycles.